The fraction of sp³-hybridized carbons (Fsp3) is 0.400. The van der Waals surface area contributed by atoms with E-state index in [1.54, 1.807) is 6.20 Å². The Balaban J connectivity index is 1.60. The van der Waals surface area contributed by atoms with E-state index in [0.29, 0.717) is 0 Å². The number of nitrogens with one attached hydrogen (secondary N) is 2. The van der Waals surface area contributed by atoms with E-state index in [-0.39, 0.29) is 6.04 Å². The van der Waals surface area contributed by atoms with Gasteiger partial charge in [0.2, 0.25) is 0 Å². The van der Waals surface area contributed by atoms with Crippen LogP contribution < -0.4 is 5.32 Å². The van der Waals surface area contributed by atoms with E-state index in [1.807, 2.05) is 6.20 Å². The molecule has 0 saturated heterocycles. The molecule has 0 spiro atoms. The number of hydrogen-bond acceptors (Lipinski definition) is 2. The Morgan fingerprint density at radius 1 is 1.44 bits per heavy atom. The molecular formula is C15H19N3. The molecule has 1 saturated carbocycles. The van der Waals surface area contributed by atoms with Crippen molar-refractivity contribution in [3.05, 3.63) is 53.6 Å². The van der Waals surface area contributed by atoms with E-state index < -0.39 is 0 Å². The van der Waals surface area contributed by atoms with Crippen LogP contribution in [0.25, 0.3) is 0 Å². The molecule has 1 aliphatic rings. The highest BCUT2D eigenvalue weighted by atomic mass is 15.0. The van der Waals surface area contributed by atoms with Crippen molar-refractivity contribution in [3.8, 4) is 0 Å². The second kappa shape index (κ2) is 4.94. The van der Waals surface area contributed by atoms with Crippen molar-refractivity contribution in [1.82, 2.24) is 15.3 Å². The van der Waals surface area contributed by atoms with Crippen LogP contribution in [0.2, 0.25) is 0 Å². The number of imidazole rings is 1. The minimum absolute atomic E-state index is 0.254. The van der Waals surface area contributed by atoms with Gasteiger partial charge in [0, 0.05) is 18.9 Å². The number of aromatic amines is 1. The molecule has 1 heterocycles. The van der Waals surface area contributed by atoms with Gasteiger partial charge in [-0.15, -0.1) is 0 Å². The largest absolute Gasteiger partial charge is 0.347 e. The molecule has 94 valence electrons. The van der Waals surface area contributed by atoms with E-state index >= 15 is 0 Å². The van der Waals surface area contributed by atoms with Crippen LogP contribution in [-0.4, -0.2) is 9.97 Å². The van der Waals surface area contributed by atoms with Gasteiger partial charge in [-0.05, 0) is 36.8 Å². The monoisotopic (exact) mass is 241 g/mol. The van der Waals surface area contributed by atoms with Crippen LogP contribution in [0.3, 0.4) is 0 Å². The maximum atomic E-state index is 4.27. The van der Waals surface area contributed by atoms with Crippen LogP contribution >= 0.6 is 0 Å². The Labute approximate surface area is 108 Å². The normalized spacial score (nSPS) is 16.7. The van der Waals surface area contributed by atoms with Crippen LogP contribution in [0, 0.1) is 0 Å². The van der Waals surface area contributed by atoms with Crippen molar-refractivity contribution in [2.24, 2.45) is 0 Å². The second-order valence-corrected chi connectivity index (χ2v) is 5.10. The lowest BCUT2D eigenvalue weighted by Gasteiger charge is -2.12. The number of H-pyrrole nitrogens is 1. The molecule has 0 amide bonds. The highest BCUT2D eigenvalue weighted by molar-refractivity contribution is 5.29. The number of rotatable bonds is 5. The Kier molecular flexibility index (Phi) is 3.15. The summed E-state index contributed by atoms with van der Waals surface area (Å²) >= 11 is 0. The third-order valence-corrected chi connectivity index (χ3v) is 3.54. The Morgan fingerprint density at radius 3 is 3.06 bits per heavy atom. The van der Waals surface area contributed by atoms with Crippen molar-refractivity contribution >= 4 is 0 Å². The van der Waals surface area contributed by atoms with Crippen molar-refractivity contribution in [1.29, 1.82) is 0 Å². The molecule has 3 nitrogen and oxygen atoms in total. The maximum absolute atomic E-state index is 4.27. The Bertz CT molecular complexity index is 500. The molecule has 3 rings (SSSR count). The molecule has 1 aromatic heterocycles. The van der Waals surface area contributed by atoms with E-state index in [4.69, 9.17) is 0 Å². The van der Waals surface area contributed by atoms with Gasteiger partial charge in [0.15, 0.2) is 0 Å². The van der Waals surface area contributed by atoms with Gasteiger partial charge in [-0.3, -0.25) is 0 Å². The van der Waals surface area contributed by atoms with Gasteiger partial charge in [0.1, 0.15) is 5.82 Å². The third kappa shape index (κ3) is 2.62. The molecule has 1 fully saturated rings. The van der Waals surface area contributed by atoms with Crippen molar-refractivity contribution in [2.45, 2.75) is 38.3 Å². The SMILES string of the molecule is CC(NCc1cccc(C2CC2)c1)c1ncc[nH]1. The summed E-state index contributed by atoms with van der Waals surface area (Å²) in [6, 6.07) is 9.19. The number of aromatic nitrogens is 2. The molecule has 1 atom stereocenters. The number of hydrogen-bond donors (Lipinski definition) is 2. The summed E-state index contributed by atoms with van der Waals surface area (Å²) in [6.07, 6.45) is 6.38. The lowest BCUT2D eigenvalue weighted by Crippen LogP contribution is -2.19. The van der Waals surface area contributed by atoms with Gasteiger partial charge in [0.05, 0.1) is 6.04 Å². The summed E-state index contributed by atoms with van der Waals surface area (Å²) in [6.45, 7) is 3.02. The predicted octanol–water partition coefficient (Wildman–Crippen LogP) is 3.14. The minimum atomic E-state index is 0.254. The minimum Gasteiger partial charge on any atom is -0.347 e. The summed E-state index contributed by atoms with van der Waals surface area (Å²) < 4.78 is 0. The first-order valence-electron chi connectivity index (χ1n) is 6.64. The topological polar surface area (TPSA) is 40.7 Å². The zero-order valence-electron chi connectivity index (χ0n) is 10.7. The Morgan fingerprint density at radius 2 is 2.33 bits per heavy atom. The highest BCUT2D eigenvalue weighted by Gasteiger charge is 2.23. The highest BCUT2D eigenvalue weighted by Crippen LogP contribution is 2.40. The fourth-order valence-corrected chi connectivity index (χ4v) is 2.26. The van der Waals surface area contributed by atoms with E-state index in [1.165, 1.54) is 24.0 Å². The lowest BCUT2D eigenvalue weighted by molar-refractivity contribution is 0.550. The van der Waals surface area contributed by atoms with Crippen LogP contribution in [0.1, 0.15) is 48.7 Å². The summed E-state index contributed by atoms with van der Waals surface area (Å²) in [5.74, 6) is 1.82. The molecular weight excluding hydrogens is 222 g/mol. The molecule has 1 aliphatic carbocycles. The van der Waals surface area contributed by atoms with E-state index in [0.717, 1.165) is 18.3 Å². The summed E-state index contributed by atoms with van der Waals surface area (Å²) in [7, 11) is 0. The van der Waals surface area contributed by atoms with Crippen molar-refractivity contribution in [2.75, 3.05) is 0 Å². The zero-order valence-corrected chi connectivity index (χ0v) is 10.7. The molecule has 2 N–H and O–H groups in total. The first-order valence-corrected chi connectivity index (χ1v) is 6.64. The summed E-state index contributed by atoms with van der Waals surface area (Å²) in [5.41, 5.74) is 2.86. The maximum Gasteiger partial charge on any atom is 0.122 e. The molecule has 18 heavy (non-hydrogen) atoms. The van der Waals surface area contributed by atoms with Gasteiger partial charge in [-0.25, -0.2) is 4.98 Å². The predicted molar refractivity (Wildman–Crippen MR) is 72.3 cm³/mol. The van der Waals surface area contributed by atoms with Crippen molar-refractivity contribution in [3.63, 3.8) is 0 Å². The second-order valence-electron chi connectivity index (χ2n) is 5.10. The molecule has 2 aromatic rings. The standard InChI is InChI=1S/C15H19N3/c1-11(15-16-7-8-17-15)18-10-12-3-2-4-14(9-12)13-5-6-13/h2-4,7-9,11,13,18H,5-6,10H2,1H3,(H,16,17). The number of benzene rings is 1. The fourth-order valence-electron chi connectivity index (χ4n) is 2.26. The smallest absolute Gasteiger partial charge is 0.122 e. The van der Waals surface area contributed by atoms with Gasteiger partial charge in [-0.2, -0.15) is 0 Å². The van der Waals surface area contributed by atoms with Crippen LogP contribution in [0.5, 0.6) is 0 Å². The van der Waals surface area contributed by atoms with Gasteiger partial charge in [0.25, 0.3) is 0 Å². The number of nitrogens with zero attached hydrogens (tertiary/aromatic N) is 1. The first-order chi connectivity index (χ1) is 8.83. The van der Waals surface area contributed by atoms with E-state index in [2.05, 4.69) is 46.5 Å². The zero-order chi connectivity index (χ0) is 12.4. The van der Waals surface area contributed by atoms with Crippen LogP contribution in [-0.2, 0) is 6.54 Å². The van der Waals surface area contributed by atoms with Crippen LogP contribution in [0.4, 0.5) is 0 Å². The Hall–Kier alpha value is -1.61. The molecule has 0 bridgehead atoms. The summed E-state index contributed by atoms with van der Waals surface area (Å²) in [5, 5.41) is 3.49. The van der Waals surface area contributed by atoms with E-state index in [9.17, 15) is 0 Å². The lowest BCUT2D eigenvalue weighted by atomic mass is 10.1. The summed E-state index contributed by atoms with van der Waals surface area (Å²) in [4.78, 5) is 7.41. The third-order valence-electron chi connectivity index (χ3n) is 3.54. The van der Waals surface area contributed by atoms with Crippen molar-refractivity contribution < 1.29 is 0 Å². The average molecular weight is 241 g/mol. The van der Waals surface area contributed by atoms with Gasteiger partial charge in [-0.1, -0.05) is 24.3 Å². The molecule has 3 heteroatoms. The molecule has 1 unspecified atom stereocenters. The molecule has 0 aliphatic heterocycles. The quantitative estimate of drug-likeness (QED) is 0.844. The van der Waals surface area contributed by atoms with Gasteiger partial charge < -0.3 is 10.3 Å². The first kappa shape index (κ1) is 11.5. The molecule has 1 aromatic carbocycles. The average Bonchev–Trinajstić information content (AvgIpc) is 3.11. The molecule has 0 radical (unpaired) electrons. The van der Waals surface area contributed by atoms with Crippen LogP contribution in [0.15, 0.2) is 36.7 Å². The van der Waals surface area contributed by atoms with Gasteiger partial charge >= 0.3 is 0 Å².